The number of nitrogens with zero attached hydrogens (tertiary/aromatic N) is 3. The van der Waals surface area contributed by atoms with E-state index in [9.17, 15) is 0 Å². The van der Waals surface area contributed by atoms with E-state index in [2.05, 4.69) is 15.3 Å². The van der Waals surface area contributed by atoms with Crippen molar-refractivity contribution in [3.05, 3.63) is 53.6 Å². The third-order valence-corrected chi connectivity index (χ3v) is 2.58. The van der Waals surface area contributed by atoms with E-state index in [0.29, 0.717) is 5.69 Å². The SMILES string of the molecule is Cc1cccc(N=Nc2ccc(N=N)cc2C)c1. The lowest BCUT2D eigenvalue weighted by atomic mass is 10.2. The fourth-order valence-corrected chi connectivity index (χ4v) is 1.62. The van der Waals surface area contributed by atoms with E-state index in [1.54, 1.807) is 6.07 Å². The molecule has 2 rings (SSSR count). The Hall–Kier alpha value is -2.36. The molecule has 0 bridgehead atoms. The number of hydrogen-bond acceptors (Lipinski definition) is 4. The van der Waals surface area contributed by atoms with Gasteiger partial charge in [0.2, 0.25) is 0 Å². The van der Waals surface area contributed by atoms with Crippen molar-refractivity contribution in [1.82, 2.24) is 0 Å². The van der Waals surface area contributed by atoms with Crippen molar-refractivity contribution in [3.8, 4) is 0 Å². The van der Waals surface area contributed by atoms with Gasteiger partial charge in [-0.2, -0.15) is 15.3 Å². The van der Waals surface area contributed by atoms with Gasteiger partial charge < -0.3 is 0 Å². The van der Waals surface area contributed by atoms with Gasteiger partial charge in [-0.15, -0.1) is 0 Å². The fourth-order valence-electron chi connectivity index (χ4n) is 1.62. The van der Waals surface area contributed by atoms with E-state index in [1.807, 2.05) is 50.2 Å². The van der Waals surface area contributed by atoms with Gasteiger partial charge in [0.25, 0.3) is 0 Å². The molecule has 0 amide bonds. The van der Waals surface area contributed by atoms with Gasteiger partial charge in [-0.1, -0.05) is 12.1 Å². The molecular weight excluding hydrogens is 224 g/mol. The van der Waals surface area contributed by atoms with Crippen LogP contribution in [0.15, 0.2) is 57.8 Å². The first kappa shape index (κ1) is 12.1. The Morgan fingerprint density at radius 3 is 2.39 bits per heavy atom. The van der Waals surface area contributed by atoms with Crippen LogP contribution in [0.1, 0.15) is 11.1 Å². The van der Waals surface area contributed by atoms with E-state index in [1.165, 1.54) is 0 Å². The van der Waals surface area contributed by atoms with Gasteiger partial charge >= 0.3 is 0 Å². The first-order chi connectivity index (χ1) is 8.69. The van der Waals surface area contributed by atoms with Gasteiger partial charge in [0.1, 0.15) is 0 Å². The molecule has 4 heteroatoms. The molecule has 90 valence electrons. The summed E-state index contributed by atoms with van der Waals surface area (Å²) >= 11 is 0. The van der Waals surface area contributed by atoms with Crippen LogP contribution in [-0.2, 0) is 0 Å². The second-order valence-electron chi connectivity index (χ2n) is 4.12. The first-order valence-corrected chi connectivity index (χ1v) is 5.65. The highest BCUT2D eigenvalue weighted by molar-refractivity contribution is 5.53. The lowest BCUT2D eigenvalue weighted by molar-refractivity contribution is 1.14. The number of benzene rings is 2. The Morgan fingerprint density at radius 1 is 0.889 bits per heavy atom. The van der Waals surface area contributed by atoms with Gasteiger partial charge in [0.15, 0.2) is 0 Å². The molecule has 0 atom stereocenters. The molecule has 4 nitrogen and oxygen atoms in total. The van der Waals surface area contributed by atoms with Crippen molar-refractivity contribution < 1.29 is 0 Å². The van der Waals surface area contributed by atoms with Crippen LogP contribution in [-0.4, -0.2) is 0 Å². The Bertz CT molecular complexity index is 602. The molecule has 0 saturated carbocycles. The average Bonchev–Trinajstić information content (AvgIpc) is 2.37. The van der Waals surface area contributed by atoms with Gasteiger partial charge in [-0.3, -0.25) is 0 Å². The summed E-state index contributed by atoms with van der Waals surface area (Å²) in [7, 11) is 0. The zero-order valence-corrected chi connectivity index (χ0v) is 10.4. The van der Waals surface area contributed by atoms with Crippen molar-refractivity contribution in [2.24, 2.45) is 15.3 Å². The number of azo groups is 1. The van der Waals surface area contributed by atoms with Gasteiger partial charge in [0.05, 0.1) is 17.1 Å². The van der Waals surface area contributed by atoms with Gasteiger partial charge in [-0.05, 0) is 55.3 Å². The van der Waals surface area contributed by atoms with Crippen LogP contribution in [0.4, 0.5) is 17.1 Å². The summed E-state index contributed by atoms with van der Waals surface area (Å²) in [6, 6.07) is 13.3. The van der Waals surface area contributed by atoms with Crippen LogP contribution in [0.3, 0.4) is 0 Å². The molecule has 0 aliphatic rings. The van der Waals surface area contributed by atoms with Crippen molar-refractivity contribution in [3.63, 3.8) is 0 Å². The molecule has 0 aliphatic carbocycles. The topological polar surface area (TPSA) is 60.9 Å². The predicted octanol–water partition coefficient (Wildman–Crippen LogP) is 5.38. The Balaban J connectivity index is 2.26. The molecule has 0 fully saturated rings. The lowest BCUT2D eigenvalue weighted by Gasteiger charge is -1.99. The molecule has 2 aromatic carbocycles. The zero-order chi connectivity index (χ0) is 13.0. The van der Waals surface area contributed by atoms with E-state index in [-0.39, 0.29) is 0 Å². The highest BCUT2D eigenvalue weighted by Crippen LogP contribution is 2.26. The van der Waals surface area contributed by atoms with Crippen LogP contribution >= 0.6 is 0 Å². The molecule has 18 heavy (non-hydrogen) atoms. The summed E-state index contributed by atoms with van der Waals surface area (Å²) in [6.45, 7) is 3.95. The quantitative estimate of drug-likeness (QED) is 0.698. The van der Waals surface area contributed by atoms with Crippen LogP contribution < -0.4 is 0 Å². The van der Waals surface area contributed by atoms with Crippen molar-refractivity contribution in [2.75, 3.05) is 0 Å². The fraction of sp³-hybridized carbons (Fsp3) is 0.143. The Labute approximate surface area is 106 Å². The monoisotopic (exact) mass is 238 g/mol. The molecule has 2 aromatic rings. The molecule has 0 unspecified atom stereocenters. The smallest absolute Gasteiger partial charge is 0.0887 e. The third kappa shape index (κ3) is 2.85. The van der Waals surface area contributed by atoms with Crippen LogP contribution in [0.5, 0.6) is 0 Å². The number of rotatable bonds is 3. The predicted molar refractivity (Wildman–Crippen MR) is 71.3 cm³/mol. The standard InChI is InChI=1S/C14H14N4/c1-10-4-3-5-13(8-10)17-18-14-7-6-12(16-15)9-11(14)2/h3-9,15H,1-2H3. The minimum atomic E-state index is 0.627. The molecule has 0 spiro atoms. The molecule has 0 heterocycles. The minimum absolute atomic E-state index is 0.627. The third-order valence-electron chi connectivity index (χ3n) is 2.58. The van der Waals surface area contributed by atoms with Crippen molar-refractivity contribution in [1.29, 1.82) is 5.53 Å². The molecule has 0 radical (unpaired) electrons. The zero-order valence-electron chi connectivity index (χ0n) is 10.4. The Kier molecular flexibility index (Phi) is 3.57. The lowest BCUT2D eigenvalue weighted by Crippen LogP contribution is -1.73. The first-order valence-electron chi connectivity index (χ1n) is 5.65. The van der Waals surface area contributed by atoms with Crippen LogP contribution in [0.25, 0.3) is 0 Å². The summed E-state index contributed by atoms with van der Waals surface area (Å²) in [6.07, 6.45) is 0. The maximum absolute atomic E-state index is 6.94. The largest absolute Gasteiger partial charge is 0.204 e. The maximum atomic E-state index is 6.94. The minimum Gasteiger partial charge on any atom is -0.204 e. The highest BCUT2D eigenvalue weighted by Gasteiger charge is 1.98. The number of nitrogens with one attached hydrogen (secondary N) is 1. The van der Waals surface area contributed by atoms with Crippen LogP contribution in [0, 0.1) is 19.4 Å². The van der Waals surface area contributed by atoms with Crippen molar-refractivity contribution >= 4 is 17.1 Å². The summed E-state index contributed by atoms with van der Waals surface area (Å²) in [5.74, 6) is 0. The molecular formula is C14H14N4. The molecule has 0 aromatic heterocycles. The van der Waals surface area contributed by atoms with Crippen molar-refractivity contribution in [2.45, 2.75) is 13.8 Å². The Morgan fingerprint density at radius 2 is 1.72 bits per heavy atom. The number of hydrogen-bond donors (Lipinski definition) is 1. The summed E-state index contributed by atoms with van der Waals surface area (Å²) in [5.41, 5.74) is 11.3. The van der Waals surface area contributed by atoms with Gasteiger partial charge in [0, 0.05) is 0 Å². The normalized spacial score (nSPS) is 10.8. The second kappa shape index (κ2) is 5.31. The summed E-state index contributed by atoms with van der Waals surface area (Å²) in [4.78, 5) is 0. The van der Waals surface area contributed by atoms with Gasteiger partial charge in [-0.25, -0.2) is 5.53 Å². The maximum Gasteiger partial charge on any atom is 0.0887 e. The highest BCUT2D eigenvalue weighted by atomic mass is 15.1. The average molecular weight is 238 g/mol. The van der Waals surface area contributed by atoms with E-state index in [0.717, 1.165) is 22.5 Å². The van der Waals surface area contributed by atoms with E-state index < -0.39 is 0 Å². The molecule has 1 N–H and O–H groups in total. The summed E-state index contributed by atoms with van der Waals surface area (Å²) < 4.78 is 0. The number of aryl methyl sites for hydroxylation is 2. The van der Waals surface area contributed by atoms with E-state index >= 15 is 0 Å². The molecule has 0 saturated heterocycles. The van der Waals surface area contributed by atoms with E-state index in [4.69, 9.17) is 5.53 Å². The summed E-state index contributed by atoms with van der Waals surface area (Å²) in [5, 5.41) is 11.8. The molecule has 0 aliphatic heterocycles. The second-order valence-corrected chi connectivity index (χ2v) is 4.12. The van der Waals surface area contributed by atoms with Crippen LogP contribution in [0.2, 0.25) is 0 Å².